The predicted molar refractivity (Wildman–Crippen MR) is 231 cm³/mol. The molecule has 278 valence electrons. The summed E-state index contributed by atoms with van der Waals surface area (Å²) in [5, 5.41) is 15.5. The van der Waals surface area contributed by atoms with Gasteiger partial charge in [0.15, 0.2) is 0 Å². The first-order valence-corrected chi connectivity index (χ1v) is 19.0. The van der Waals surface area contributed by atoms with Crippen LogP contribution in [0.2, 0.25) is 0 Å². The molecule has 11 rings (SSSR count). The second kappa shape index (κ2) is 14.5. The maximum atomic E-state index is 11.3. The summed E-state index contributed by atoms with van der Waals surface area (Å²) in [6.07, 6.45) is 1.92. The fourth-order valence-electron chi connectivity index (χ4n) is 8.13. The number of aromatic hydroxyl groups is 1. The van der Waals surface area contributed by atoms with E-state index < -0.39 is 0 Å². The van der Waals surface area contributed by atoms with Gasteiger partial charge in [0.25, 0.3) is 0 Å². The van der Waals surface area contributed by atoms with Crippen molar-refractivity contribution in [1.29, 1.82) is 0 Å². The van der Waals surface area contributed by atoms with E-state index in [0.29, 0.717) is 11.4 Å². The van der Waals surface area contributed by atoms with E-state index in [1.54, 1.807) is 6.07 Å². The number of phenolic OH excluding ortho intramolecular Hbond substituents is 1. The van der Waals surface area contributed by atoms with E-state index in [2.05, 4.69) is 132 Å². The number of furan rings is 1. The van der Waals surface area contributed by atoms with Crippen molar-refractivity contribution in [3.05, 3.63) is 194 Å². The first-order valence-electron chi connectivity index (χ1n) is 19.0. The monoisotopic (exact) mass is 925 g/mol. The molecular formula is C52H32N3O2Pt-. The zero-order chi connectivity index (χ0) is 37.9. The molecule has 6 heteroatoms. The Bertz CT molecular complexity index is 3320. The summed E-state index contributed by atoms with van der Waals surface area (Å²) in [4.78, 5) is 10.4. The summed E-state index contributed by atoms with van der Waals surface area (Å²) < 4.78 is 8.75. The minimum absolute atomic E-state index is 0. The van der Waals surface area contributed by atoms with Crippen LogP contribution in [0.5, 0.6) is 5.75 Å². The number of rotatable bonds is 6. The average Bonchev–Trinajstić information content (AvgIpc) is 3.86. The number of nitrogens with zero attached hydrogens (tertiary/aromatic N) is 3. The third-order valence-corrected chi connectivity index (χ3v) is 10.8. The quantitative estimate of drug-likeness (QED) is 0.169. The van der Waals surface area contributed by atoms with E-state index in [-0.39, 0.29) is 26.8 Å². The molecule has 58 heavy (non-hydrogen) atoms. The number of imidazole rings is 1. The molecule has 0 atom stereocenters. The second-order valence-corrected chi connectivity index (χ2v) is 14.2. The Balaban J connectivity index is 0.00000408. The molecule has 0 amide bonds. The van der Waals surface area contributed by atoms with E-state index in [1.807, 2.05) is 60.8 Å². The minimum Gasteiger partial charge on any atom is -0.507 e. The van der Waals surface area contributed by atoms with E-state index in [1.165, 1.54) is 0 Å². The van der Waals surface area contributed by atoms with Crippen molar-refractivity contribution < 1.29 is 30.6 Å². The van der Waals surface area contributed by atoms with Gasteiger partial charge in [-0.15, -0.1) is 23.8 Å². The zero-order valence-corrected chi connectivity index (χ0v) is 33.2. The first-order chi connectivity index (χ1) is 28.2. The van der Waals surface area contributed by atoms with E-state index in [9.17, 15) is 5.11 Å². The van der Waals surface area contributed by atoms with Gasteiger partial charge in [0.05, 0.1) is 22.3 Å². The number of fused-ring (bicyclic) bond motifs is 6. The summed E-state index contributed by atoms with van der Waals surface area (Å²) in [5.74, 6) is 0.802. The van der Waals surface area contributed by atoms with E-state index >= 15 is 0 Å². The standard InChI is InChI=1S/C52H32N3O2.Pt/c56-48-25-12-10-21-43(48)52-54-50-40(22-13-24-47(50)55(52)46-23-11-9-19-39(46)34-16-5-2-6-17-34)37-28-36(33-14-3-1-4-15-33)29-38(30-37)45-31-49-44(32-53-45)42-27-26-35-18-7-8-20-41(35)51(42)57-49;/h1-29,31-32,56H;/q-1;. The van der Waals surface area contributed by atoms with Crippen LogP contribution < -0.4 is 0 Å². The largest absolute Gasteiger partial charge is 0.507 e. The molecule has 0 radical (unpaired) electrons. The molecule has 8 aromatic carbocycles. The Morgan fingerprint density at radius 3 is 2.05 bits per heavy atom. The Kier molecular flexibility index (Phi) is 8.81. The van der Waals surface area contributed by atoms with Crippen molar-refractivity contribution >= 4 is 43.7 Å². The maximum Gasteiger partial charge on any atom is 0.148 e. The summed E-state index contributed by atoms with van der Waals surface area (Å²) >= 11 is 0. The topological polar surface area (TPSA) is 64.1 Å². The molecule has 0 saturated heterocycles. The van der Waals surface area contributed by atoms with Crippen molar-refractivity contribution in [2.45, 2.75) is 0 Å². The maximum absolute atomic E-state index is 11.3. The van der Waals surface area contributed by atoms with Gasteiger partial charge in [0.1, 0.15) is 22.7 Å². The average molecular weight is 926 g/mol. The molecule has 0 saturated carbocycles. The number of hydrogen-bond donors (Lipinski definition) is 1. The Morgan fingerprint density at radius 2 is 1.22 bits per heavy atom. The van der Waals surface area contributed by atoms with Crippen molar-refractivity contribution in [2.24, 2.45) is 0 Å². The summed E-state index contributed by atoms with van der Waals surface area (Å²) in [5.41, 5.74) is 12.6. The normalized spacial score (nSPS) is 11.4. The van der Waals surface area contributed by atoms with Crippen molar-refractivity contribution in [1.82, 2.24) is 14.5 Å². The Morgan fingerprint density at radius 1 is 0.534 bits per heavy atom. The molecule has 3 heterocycles. The number of aromatic nitrogens is 3. The first kappa shape index (κ1) is 35.3. The molecule has 0 spiro atoms. The van der Waals surface area contributed by atoms with Crippen molar-refractivity contribution in [2.75, 3.05) is 0 Å². The van der Waals surface area contributed by atoms with Gasteiger partial charge in [-0.2, -0.15) is 0 Å². The molecule has 0 aliphatic heterocycles. The molecule has 5 nitrogen and oxygen atoms in total. The number of para-hydroxylation sites is 3. The van der Waals surface area contributed by atoms with Crippen LogP contribution in [0.25, 0.3) is 105 Å². The molecular weight excluding hydrogens is 894 g/mol. The van der Waals surface area contributed by atoms with Crippen LogP contribution in [-0.4, -0.2) is 19.6 Å². The Hall–Kier alpha value is -7.07. The fourth-order valence-corrected chi connectivity index (χ4v) is 8.13. The summed E-state index contributed by atoms with van der Waals surface area (Å²) in [6, 6.07) is 65.4. The van der Waals surface area contributed by atoms with Gasteiger partial charge in [-0.25, -0.2) is 4.98 Å². The minimum atomic E-state index is 0. The smallest absolute Gasteiger partial charge is 0.148 e. The van der Waals surface area contributed by atoms with Gasteiger partial charge in [-0.05, 0) is 52.9 Å². The van der Waals surface area contributed by atoms with Crippen molar-refractivity contribution in [3.8, 4) is 67.5 Å². The number of pyridine rings is 1. The van der Waals surface area contributed by atoms with Gasteiger partial charge < -0.3 is 9.52 Å². The van der Waals surface area contributed by atoms with Gasteiger partial charge >= 0.3 is 0 Å². The van der Waals surface area contributed by atoms with Crippen LogP contribution >= 0.6 is 0 Å². The van der Waals surface area contributed by atoms with Crippen LogP contribution in [-0.2, 0) is 21.1 Å². The van der Waals surface area contributed by atoms with Crippen LogP contribution in [0.4, 0.5) is 0 Å². The summed E-state index contributed by atoms with van der Waals surface area (Å²) in [6.45, 7) is 0. The van der Waals surface area contributed by atoms with Crippen LogP contribution in [0.15, 0.2) is 193 Å². The molecule has 0 fully saturated rings. The van der Waals surface area contributed by atoms with Gasteiger partial charge in [-0.3, -0.25) is 9.55 Å². The van der Waals surface area contributed by atoms with Crippen LogP contribution in [0, 0.1) is 6.07 Å². The second-order valence-electron chi connectivity index (χ2n) is 14.2. The SMILES string of the molecule is Oc1ccccc1-c1nc2c(-c3[c-]c(-c4cc5oc6c7ccccc7ccc6c5cn4)cc(-c4ccccc4)c3)cccc2n1-c1ccccc1-c1ccccc1.[Pt]. The third-order valence-electron chi connectivity index (χ3n) is 10.8. The number of hydrogen-bond acceptors (Lipinski definition) is 4. The van der Waals surface area contributed by atoms with Gasteiger partial charge in [0.2, 0.25) is 0 Å². The molecule has 0 aliphatic carbocycles. The van der Waals surface area contributed by atoms with Gasteiger partial charge in [0, 0.05) is 54.7 Å². The third kappa shape index (κ3) is 5.91. The molecule has 0 bridgehead atoms. The fraction of sp³-hybridized carbons (Fsp3) is 0. The number of phenols is 1. The predicted octanol–water partition coefficient (Wildman–Crippen LogP) is 13.3. The van der Waals surface area contributed by atoms with Crippen LogP contribution in [0.1, 0.15) is 0 Å². The van der Waals surface area contributed by atoms with Crippen LogP contribution in [0.3, 0.4) is 0 Å². The Labute approximate surface area is 348 Å². The van der Waals surface area contributed by atoms with Crippen molar-refractivity contribution in [3.63, 3.8) is 0 Å². The molecule has 0 unspecified atom stereocenters. The number of benzene rings is 8. The molecule has 11 aromatic rings. The zero-order valence-electron chi connectivity index (χ0n) is 30.9. The van der Waals surface area contributed by atoms with Gasteiger partial charge in [-0.1, -0.05) is 150 Å². The molecule has 3 aromatic heterocycles. The molecule has 1 N–H and O–H groups in total. The van der Waals surface area contributed by atoms with E-state index in [4.69, 9.17) is 14.4 Å². The van der Waals surface area contributed by atoms with E-state index in [0.717, 1.165) is 94.1 Å². The molecule has 0 aliphatic rings. The summed E-state index contributed by atoms with van der Waals surface area (Å²) in [7, 11) is 0.